The van der Waals surface area contributed by atoms with E-state index >= 15 is 0 Å². The van der Waals surface area contributed by atoms with Crippen molar-refractivity contribution in [3.63, 3.8) is 0 Å². The Bertz CT molecular complexity index is 495. The topological polar surface area (TPSA) is 72.8 Å². The molecule has 1 N–H and O–H groups in total. The number of methoxy groups -OCH3 is 1. The lowest BCUT2D eigenvalue weighted by atomic mass is 9.94. The average molecular weight is 294 g/mol. The molecule has 1 atom stereocenters. The minimum atomic E-state index is -1.04. The fourth-order valence-electron chi connectivity index (χ4n) is 2.25. The summed E-state index contributed by atoms with van der Waals surface area (Å²) in [6.45, 7) is 4.13. The van der Waals surface area contributed by atoms with Crippen molar-refractivity contribution in [3.8, 4) is 5.75 Å². The average Bonchev–Trinajstić information content (AvgIpc) is 2.46. The summed E-state index contributed by atoms with van der Waals surface area (Å²) < 4.78 is 10.1. The van der Waals surface area contributed by atoms with Gasteiger partial charge in [0, 0.05) is 0 Å². The van der Waals surface area contributed by atoms with Crippen LogP contribution in [0.1, 0.15) is 42.6 Å². The van der Waals surface area contributed by atoms with Gasteiger partial charge in [0.25, 0.3) is 0 Å². The lowest BCUT2D eigenvalue weighted by Gasteiger charge is -2.15. The Morgan fingerprint density at radius 2 is 2.00 bits per heavy atom. The number of esters is 1. The smallest absolute Gasteiger partial charge is 0.339 e. The van der Waals surface area contributed by atoms with Crippen LogP contribution in [0.4, 0.5) is 0 Å². The minimum Gasteiger partial charge on any atom is -0.496 e. The van der Waals surface area contributed by atoms with E-state index in [9.17, 15) is 14.7 Å². The molecule has 5 nitrogen and oxygen atoms in total. The second-order valence-corrected chi connectivity index (χ2v) is 4.78. The van der Waals surface area contributed by atoms with Crippen molar-refractivity contribution in [1.82, 2.24) is 0 Å². The van der Waals surface area contributed by atoms with Crippen LogP contribution in [0.2, 0.25) is 0 Å². The van der Waals surface area contributed by atoms with E-state index < -0.39 is 5.97 Å². The number of hydrogen-bond acceptors (Lipinski definition) is 4. The number of hydrogen-bond donors (Lipinski definition) is 1. The number of ether oxygens (including phenoxy) is 2. The number of aromatic carboxylic acids is 1. The van der Waals surface area contributed by atoms with Crippen molar-refractivity contribution in [3.05, 3.63) is 29.3 Å². The van der Waals surface area contributed by atoms with Crippen molar-refractivity contribution in [2.75, 3.05) is 13.7 Å². The van der Waals surface area contributed by atoms with Crippen LogP contribution in [0, 0.1) is 5.92 Å². The highest BCUT2D eigenvalue weighted by atomic mass is 16.5. The molecule has 0 spiro atoms. The van der Waals surface area contributed by atoms with E-state index in [2.05, 4.69) is 0 Å². The number of carboxylic acid groups (broad SMARTS) is 1. The normalized spacial score (nSPS) is 11.8. The van der Waals surface area contributed by atoms with Crippen LogP contribution in [0.5, 0.6) is 5.75 Å². The Hall–Kier alpha value is -2.04. The maximum Gasteiger partial charge on any atom is 0.339 e. The van der Waals surface area contributed by atoms with E-state index in [4.69, 9.17) is 9.47 Å². The summed E-state index contributed by atoms with van der Waals surface area (Å²) in [7, 11) is 1.43. The first-order valence-corrected chi connectivity index (χ1v) is 7.10. The first kappa shape index (κ1) is 17.0. The molecule has 0 fully saturated rings. The molecule has 0 aromatic heterocycles. The summed E-state index contributed by atoms with van der Waals surface area (Å²) in [6, 6.07) is 4.96. The van der Waals surface area contributed by atoms with Crippen LogP contribution >= 0.6 is 0 Å². The molecule has 1 rings (SSSR count). The first-order valence-electron chi connectivity index (χ1n) is 7.10. The Morgan fingerprint density at radius 1 is 1.29 bits per heavy atom. The molecule has 21 heavy (non-hydrogen) atoms. The standard InChI is InChI=1S/C16H22O5/c1-4-6-12(16(19)21-5-2)9-11-7-8-14(20-3)13(10-11)15(17)18/h7-8,10,12H,4-6,9H2,1-3H3,(H,17,18). The van der Waals surface area contributed by atoms with E-state index in [0.717, 1.165) is 12.0 Å². The zero-order valence-electron chi connectivity index (χ0n) is 12.7. The number of benzene rings is 1. The van der Waals surface area contributed by atoms with Gasteiger partial charge in [-0.1, -0.05) is 19.4 Å². The molecule has 0 aliphatic heterocycles. The van der Waals surface area contributed by atoms with Crippen molar-refractivity contribution in [2.45, 2.75) is 33.1 Å². The molecule has 0 aliphatic rings. The summed E-state index contributed by atoms with van der Waals surface area (Å²) in [4.78, 5) is 23.1. The number of carbonyl (C=O) groups excluding carboxylic acids is 1. The highest BCUT2D eigenvalue weighted by Crippen LogP contribution is 2.23. The van der Waals surface area contributed by atoms with Crippen molar-refractivity contribution >= 4 is 11.9 Å². The molecule has 0 bridgehead atoms. The Balaban J connectivity index is 2.95. The molecule has 0 saturated heterocycles. The lowest BCUT2D eigenvalue weighted by molar-refractivity contribution is -0.148. The zero-order chi connectivity index (χ0) is 15.8. The van der Waals surface area contributed by atoms with Gasteiger partial charge >= 0.3 is 11.9 Å². The molecule has 116 valence electrons. The SMILES string of the molecule is CCCC(Cc1ccc(OC)c(C(=O)O)c1)C(=O)OCC. The Morgan fingerprint density at radius 3 is 2.52 bits per heavy atom. The summed E-state index contributed by atoms with van der Waals surface area (Å²) >= 11 is 0. The van der Waals surface area contributed by atoms with Gasteiger partial charge in [-0.25, -0.2) is 4.79 Å². The number of carbonyl (C=O) groups is 2. The fourth-order valence-corrected chi connectivity index (χ4v) is 2.25. The molecule has 5 heteroatoms. The summed E-state index contributed by atoms with van der Waals surface area (Å²) in [6.07, 6.45) is 2.05. The molecule has 0 aliphatic carbocycles. The largest absolute Gasteiger partial charge is 0.496 e. The fraction of sp³-hybridized carbons (Fsp3) is 0.500. The predicted molar refractivity (Wildman–Crippen MR) is 78.7 cm³/mol. The quantitative estimate of drug-likeness (QED) is 0.746. The van der Waals surface area contributed by atoms with Gasteiger partial charge in [-0.05, 0) is 37.5 Å². The second kappa shape index (κ2) is 8.29. The number of rotatable bonds is 8. The monoisotopic (exact) mass is 294 g/mol. The third-order valence-corrected chi connectivity index (χ3v) is 3.23. The van der Waals surface area contributed by atoms with E-state index in [-0.39, 0.29) is 17.5 Å². The van der Waals surface area contributed by atoms with Gasteiger partial charge < -0.3 is 14.6 Å². The van der Waals surface area contributed by atoms with Crippen LogP contribution in [-0.2, 0) is 16.0 Å². The molecule has 1 aromatic rings. The molecule has 0 amide bonds. The van der Waals surface area contributed by atoms with Crippen LogP contribution in [0.15, 0.2) is 18.2 Å². The molecule has 0 saturated carbocycles. The van der Waals surface area contributed by atoms with Crippen LogP contribution in [-0.4, -0.2) is 30.8 Å². The summed E-state index contributed by atoms with van der Waals surface area (Å²) in [5.41, 5.74) is 0.897. The van der Waals surface area contributed by atoms with Crippen molar-refractivity contribution < 1.29 is 24.2 Å². The van der Waals surface area contributed by atoms with Gasteiger partial charge in [0.1, 0.15) is 11.3 Å². The second-order valence-electron chi connectivity index (χ2n) is 4.78. The minimum absolute atomic E-state index is 0.106. The third-order valence-electron chi connectivity index (χ3n) is 3.23. The van der Waals surface area contributed by atoms with Crippen molar-refractivity contribution in [2.24, 2.45) is 5.92 Å². The van der Waals surface area contributed by atoms with Gasteiger partial charge in [-0.2, -0.15) is 0 Å². The Kier molecular flexibility index (Phi) is 6.72. The van der Waals surface area contributed by atoms with Crippen LogP contribution < -0.4 is 4.74 Å². The highest BCUT2D eigenvalue weighted by molar-refractivity contribution is 5.91. The first-order chi connectivity index (χ1) is 10.0. The van der Waals surface area contributed by atoms with Gasteiger partial charge in [-0.15, -0.1) is 0 Å². The van der Waals surface area contributed by atoms with Crippen LogP contribution in [0.25, 0.3) is 0 Å². The number of carboxylic acids is 1. The molecular formula is C16H22O5. The van der Waals surface area contributed by atoms with E-state index in [1.54, 1.807) is 25.1 Å². The molecule has 1 unspecified atom stereocenters. The van der Waals surface area contributed by atoms with E-state index in [1.807, 2.05) is 6.92 Å². The summed E-state index contributed by atoms with van der Waals surface area (Å²) in [5, 5.41) is 9.18. The maximum absolute atomic E-state index is 11.9. The third kappa shape index (κ3) is 4.77. The maximum atomic E-state index is 11.9. The van der Waals surface area contributed by atoms with E-state index in [0.29, 0.717) is 25.2 Å². The van der Waals surface area contributed by atoms with Gasteiger partial charge in [0.2, 0.25) is 0 Å². The highest BCUT2D eigenvalue weighted by Gasteiger charge is 2.20. The lowest BCUT2D eigenvalue weighted by Crippen LogP contribution is -2.20. The van der Waals surface area contributed by atoms with Crippen LogP contribution in [0.3, 0.4) is 0 Å². The van der Waals surface area contributed by atoms with Gasteiger partial charge in [0.05, 0.1) is 19.6 Å². The molecule has 0 radical (unpaired) electrons. The Labute approximate surface area is 124 Å². The molecule has 1 aromatic carbocycles. The van der Waals surface area contributed by atoms with E-state index in [1.165, 1.54) is 7.11 Å². The molecule has 0 heterocycles. The predicted octanol–water partition coefficient (Wildman–Crippen LogP) is 2.92. The van der Waals surface area contributed by atoms with Gasteiger partial charge in [0.15, 0.2) is 0 Å². The zero-order valence-corrected chi connectivity index (χ0v) is 12.7. The van der Waals surface area contributed by atoms with Crippen molar-refractivity contribution in [1.29, 1.82) is 0 Å². The van der Waals surface area contributed by atoms with Gasteiger partial charge in [-0.3, -0.25) is 4.79 Å². The summed E-state index contributed by atoms with van der Waals surface area (Å²) in [5.74, 6) is -1.21. The molecular weight excluding hydrogens is 272 g/mol.